The van der Waals surface area contributed by atoms with E-state index in [0.29, 0.717) is 18.0 Å². The molecule has 0 aliphatic rings. The topological polar surface area (TPSA) is 65.1 Å². The van der Waals surface area contributed by atoms with Crippen LogP contribution in [0, 0.1) is 0 Å². The molecule has 0 fully saturated rings. The summed E-state index contributed by atoms with van der Waals surface area (Å²) in [7, 11) is 2.89. The second-order valence-electron chi connectivity index (χ2n) is 6.37. The molecule has 2 aromatic rings. The fraction of sp³-hybridized carbons (Fsp3) is 0.333. The zero-order valence-electron chi connectivity index (χ0n) is 16.4. The first kappa shape index (κ1) is 21.6. The molecule has 0 saturated carbocycles. The van der Waals surface area contributed by atoms with E-state index >= 15 is 0 Å². The van der Waals surface area contributed by atoms with Crippen LogP contribution in [0.2, 0.25) is 5.02 Å². The van der Waals surface area contributed by atoms with Crippen LogP contribution >= 0.6 is 11.6 Å². The van der Waals surface area contributed by atoms with E-state index in [4.69, 9.17) is 25.8 Å². The maximum absolute atomic E-state index is 12.6. The van der Waals surface area contributed by atoms with Crippen LogP contribution < -0.4 is 9.47 Å². The summed E-state index contributed by atoms with van der Waals surface area (Å²) < 4.78 is 15.5. The van der Waals surface area contributed by atoms with Gasteiger partial charge in [0.2, 0.25) is 0 Å². The van der Waals surface area contributed by atoms with Gasteiger partial charge in [0.25, 0.3) is 5.91 Å². The standard InChI is InChI=1S/C21H24ClNO5/c1-14(2)23(12-15-8-6-5-7-9-15)19(24)13-28-21(25)16-10-17(22)20(27-4)18(11-16)26-3/h5-11,14H,12-13H2,1-4H3. The van der Waals surface area contributed by atoms with Crippen molar-refractivity contribution >= 4 is 23.5 Å². The van der Waals surface area contributed by atoms with Crippen molar-refractivity contribution in [2.45, 2.75) is 26.4 Å². The summed E-state index contributed by atoms with van der Waals surface area (Å²) in [6.45, 7) is 3.90. The van der Waals surface area contributed by atoms with E-state index in [1.54, 1.807) is 4.90 Å². The van der Waals surface area contributed by atoms with Gasteiger partial charge in [0, 0.05) is 12.6 Å². The smallest absolute Gasteiger partial charge is 0.338 e. The van der Waals surface area contributed by atoms with Crippen molar-refractivity contribution in [2.75, 3.05) is 20.8 Å². The molecule has 2 rings (SSSR count). The number of hydrogen-bond acceptors (Lipinski definition) is 5. The van der Waals surface area contributed by atoms with Crippen LogP contribution in [-0.2, 0) is 16.1 Å². The van der Waals surface area contributed by atoms with Gasteiger partial charge < -0.3 is 19.1 Å². The van der Waals surface area contributed by atoms with Gasteiger partial charge in [-0.25, -0.2) is 4.79 Å². The van der Waals surface area contributed by atoms with Crippen molar-refractivity contribution in [3.05, 3.63) is 58.6 Å². The Kier molecular flexibility index (Phi) is 7.70. The highest BCUT2D eigenvalue weighted by atomic mass is 35.5. The number of hydrogen-bond donors (Lipinski definition) is 0. The van der Waals surface area contributed by atoms with Gasteiger partial charge in [0.05, 0.1) is 24.8 Å². The quantitative estimate of drug-likeness (QED) is 0.622. The number of halogens is 1. The minimum Gasteiger partial charge on any atom is -0.493 e. The van der Waals surface area contributed by atoms with E-state index in [9.17, 15) is 9.59 Å². The van der Waals surface area contributed by atoms with Gasteiger partial charge >= 0.3 is 5.97 Å². The van der Waals surface area contributed by atoms with Crippen molar-refractivity contribution in [1.29, 1.82) is 0 Å². The molecule has 0 atom stereocenters. The van der Waals surface area contributed by atoms with Crippen molar-refractivity contribution in [3.8, 4) is 11.5 Å². The first-order valence-corrected chi connectivity index (χ1v) is 9.17. The lowest BCUT2D eigenvalue weighted by atomic mass is 10.2. The molecular formula is C21H24ClNO5. The fourth-order valence-corrected chi connectivity index (χ4v) is 2.96. The van der Waals surface area contributed by atoms with Gasteiger partial charge in [0.1, 0.15) is 0 Å². The third-order valence-corrected chi connectivity index (χ3v) is 4.42. The molecule has 150 valence electrons. The molecule has 0 spiro atoms. The Labute approximate surface area is 169 Å². The molecule has 2 aromatic carbocycles. The number of ether oxygens (including phenoxy) is 3. The summed E-state index contributed by atoms with van der Waals surface area (Å²) in [6.07, 6.45) is 0. The molecule has 0 radical (unpaired) electrons. The average Bonchev–Trinajstić information content (AvgIpc) is 2.69. The predicted molar refractivity (Wildman–Crippen MR) is 107 cm³/mol. The van der Waals surface area contributed by atoms with Crippen LogP contribution in [0.25, 0.3) is 0 Å². The molecule has 28 heavy (non-hydrogen) atoms. The molecule has 0 heterocycles. The van der Waals surface area contributed by atoms with Crippen molar-refractivity contribution in [1.82, 2.24) is 4.90 Å². The predicted octanol–water partition coefficient (Wildman–Crippen LogP) is 3.95. The normalized spacial score (nSPS) is 10.5. The third kappa shape index (κ3) is 5.39. The Morgan fingerprint density at radius 3 is 2.32 bits per heavy atom. The Balaban J connectivity index is 2.06. The summed E-state index contributed by atoms with van der Waals surface area (Å²) in [5, 5.41) is 0.216. The van der Waals surface area contributed by atoms with Gasteiger partial charge in [-0.2, -0.15) is 0 Å². The average molecular weight is 406 g/mol. The number of amides is 1. The lowest BCUT2D eigenvalue weighted by molar-refractivity contribution is -0.136. The number of methoxy groups -OCH3 is 2. The van der Waals surface area contributed by atoms with Crippen LogP contribution in [0.15, 0.2) is 42.5 Å². The second-order valence-corrected chi connectivity index (χ2v) is 6.78. The largest absolute Gasteiger partial charge is 0.493 e. The SMILES string of the molecule is COc1cc(C(=O)OCC(=O)N(Cc2ccccc2)C(C)C)cc(Cl)c1OC. The van der Waals surface area contributed by atoms with E-state index in [2.05, 4.69) is 0 Å². The number of nitrogens with zero attached hydrogens (tertiary/aromatic N) is 1. The molecule has 6 nitrogen and oxygen atoms in total. The first-order valence-electron chi connectivity index (χ1n) is 8.79. The maximum atomic E-state index is 12.6. The minimum atomic E-state index is -0.667. The zero-order valence-corrected chi connectivity index (χ0v) is 17.2. The lowest BCUT2D eigenvalue weighted by Crippen LogP contribution is -2.39. The Morgan fingerprint density at radius 2 is 1.75 bits per heavy atom. The molecular weight excluding hydrogens is 382 g/mol. The van der Waals surface area contributed by atoms with Crippen LogP contribution in [0.3, 0.4) is 0 Å². The first-order chi connectivity index (χ1) is 13.4. The van der Waals surface area contributed by atoms with E-state index in [-0.39, 0.29) is 29.1 Å². The monoisotopic (exact) mass is 405 g/mol. The summed E-state index contributed by atoms with van der Waals surface area (Å²) in [6, 6.07) is 12.5. The van der Waals surface area contributed by atoms with E-state index in [1.807, 2.05) is 44.2 Å². The van der Waals surface area contributed by atoms with Gasteiger partial charge in [-0.3, -0.25) is 4.79 Å². The molecule has 0 aliphatic carbocycles. The molecule has 0 saturated heterocycles. The summed E-state index contributed by atoms with van der Waals surface area (Å²) >= 11 is 6.11. The third-order valence-electron chi connectivity index (χ3n) is 4.14. The van der Waals surface area contributed by atoms with Crippen LogP contribution in [0.5, 0.6) is 11.5 Å². The summed E-state index contributed by atoms with van der Waals surface area (Å²) in [5.74, 6) is -0.315. The number of carbonyl (C=O) groups is 2. The van der Waals surface area contributed by atoms with Gasteiger partial charge in [-0.05, 0) is 31.5 Å². The van der Waals surface area contributed by atoms with Gasteiger partial charge in [-0.1, -0.05) is 41.9 Å². The molecule has 0 aliphatic heterocycles. The Bertz CT molecular complexity index is 823. The molecule has 0 unspecified atom stereocenters. The number of carbonyl (C=O) groups excluding carboxylic acids is 2. The molecule has 7 heteroatoms. The highest BCUT2D eigenvalue weighted by Crippen LogP contribution is 2.36. The van der Waals surface area contributed by atoms with E-state index in [1.165, 1.54) is 26.4 Å². The number of rotatable bonds is 8. The molecule has 0 bridgehead atoms. The highest BCUT2D eigenvalue weighted by Gasteiger charge is 2.21. The fourth-order valence-electron chi connectivity index (χ4n) is 2.67. The van der Waals surface area contributed by atoms with Crippen molar-refractivity contribution < 1.29 is 23.8 Å². The van der Waals surface area contributed by atoms with Gasteiger partial charge in [0.15, 0.2) is 18.1 Å². The molecule has 1 amide bonds. The Hall–Kier alpha value is -2.73. The summed E-state index contributed by atoms with van der Waals surface area (Å²) in [4.78, 5) is 26.6. The highest BCUT2D eigenvalue weighted by molar-refractivity contribution is 6.32. The summed E-state index contributed by atoms with van der Waals surface area (Å²) in [5.41, 5.74) is 1.18. The van der Waals surface area contributed by atoms with Crippen LogP contribution in [0.4, 0.5) is 0 Å². The lowest BCUT2D eigenvalue weighted by Gasteiger charge is -2.26. The second kappa shape index (κ2) is 9.99. The number of benzene rings is 2. The number of esters is 1. The van der Waals surface area contributed by atoms with Crippen LogP contribution in [-0.4, -0.2) is 43.6 Å². The molecule has 0 aromatic heterocycles. The molecule has 0 N–H and O–H groups in total. The zero-order chi connectivity index (χ0) is 20.7. The van der Waals surface area contributed by atoms with Crippen molar-refractivity contribution in [3.63, 3.8) is 0 Å². The maximum Gasteiger partial charge on any atom is 0.338 e. The minimum absolute atomic E-state index is 0.0399. The van der Waals surface area contributed by atoms with Gasteiger partial charge in [-0.15, -0.1) is 0 Å². The van der Waals surface area contributed by atoms with Crippen LogP contribution in [0.1, 0.15) is 29.8 Å². The van der Waals surface area contributed by atoms with E-state index < -0.39 is 5.97 Å². The Morgan fingerprint density at radius 1 is 1.07 bits per heavy atom. The van der Waals surface area contributed by atoms with Crippen molar-refractivity contribution in [2.24, 2.45) is 0 Å². The van der Waals surface area contributed by atoms with E-state index in [0.717, 1.165) is 5.56 Å².